The molecule has 0 aromatic heterocycles. The zero-order valence-electron chi connectivity index (χ0n) is 3.61. The molecular formula is C3H5N3S. The first-order valence-corrected chi connectivity index (χ1v) is 3.07. The molecule has 0 amide bonds. The van der Waals surface area contributed by atoms with Crippen molar-refractivity contribution in [2.75, 3.05) is 0 Å². The Hall–Kier alpha value is -0.480. The monoisotopic (exact) mass is 115 g/mol. The van der Waals surface area contributed by atoms with Gasteiger partial charge in [-0.05, 0) is 10.7 Å². The molecule has 0 fully saturated rings. The molecule has 1 aliphatic heterocycles. The van der Waals surface area contributed by atoms with Crippen LogP contribution in [0, 0.1) is 0 Å². The van der Waals surface area contributed by atoms with Crippen LogP contribution in [-0.4, -0.2) is 5.55 Å². The molecule has 1 aliphatic rings. The van der Waals surface area contributed by atoms with E-state index in [-0.39, 0.29) is 10.7 Å². The van der Waals surface area contributed by atoms with Gasteiger partial charge >= 0.3 is 0 Å². The van der Waals surface area contributed by atoms with Gasteiger partial charge in [-0.2, -0.15) is 4.47 Å². The molecule has 0 bridgehead atoms. The Labute approximate surface area is 44.0 Å². The minimum absolute atomic E-state index is 0.204. The first kappa shape index (κ1) is 4.67. The zero-order chi connectivity index (χ0) is 5.11. The van der Waals surface area contributed by atoms with Gasteiger partial charge < -0.3 is 0 Å². The summed E-state index contributed by atoms with van der Waals surface area (Å²) >= 11 is 0. The summed E-state index contributed by atoms with van der Waals surface area (Å²) < 4.78 is 3.48. The van der Waals surface area contributed by atoms with Crippen molar-refractivity contribution in [3.8, 4) is 0 Å². The van der Waals surface area contributed by atoms with Gasteiger partial charge in [-0.15, -0.1) is 0 Å². The lowest BCUT2D eigenvalue weighted by Gasteiger charge is -1.77. The predicted molar refractivity (Wildman–Crippen MR) is 31.6 cm³/mol. The Bertz CT molecular complexity index is 132. The van der Waals surface area contributed by atoms with E-state index in [1.54, 1.807) is 11.7 Å². The third-order valence-electron chi connectivity index (χ3n) is 0.577. The molecular weight excluding hydrogens is 110 g/mol. The molecule has 1 atom stereocenters. The lowest BCUT2D eigenvalue weighted by atomic mass is 11.1. The molecule has 0 aliphatic carbocycles. The Morgan fingerprint density at radius 3 is 2.86 bits per heavy atom. The van der Waals surface area contributed by atoms with Crippen LogP contribution in [0.2, 0.25) is 0 Å². The predicted octanol–water partition coefficient (Wildman–Crippen LogP) is 0.175. The van der Waals surface area contributed by atoms with Gasteiger partial charge in [0, 0.05) is 11.6 Å². The molecule has 0 aromatic carbocycles. The van der Waals surface area contributed by atoms with E-state index in [1.165, 1.54) is 0 Å². The number of nitrogens with zero attached hydrogens (tertiary/aromatic N) is 2. The van der Waals surface area contributed by atoms with E-state index in [4.69, 9.17) is 5.84 Å². The largest absolute Gasteiger partial charge is 0.256 e. The fraction of sp³-hybridized carbons (Fsp3) is 0. The standard InChI is InChI=1S/C3H5N3S/c4-6-7-2-1-5-3-7/h1-3H,4H2. The first-order chi connectivity index (χ1) is 3.43. The summed E-state index contributed by atoms with van der Waals surface area (Å²) in [5, 5.41) is 1.85. The van der Waals surface area contributed by atoms with Crippen LogP contribution in [0.15, 0.2) is 21.1 Å². The van der Waals surface area contributed by atoms with Crippen LogP contribution in [-0.2, 0) is 10.7 Å². The van der Waals surface area contributed by atoms with Crippen LogP contribution < -0.4 is 5.84 Å². The highest BCUT2D eigenvalue weighted by Crippen LogP contribution is 1.92. The van der Waals surface area contributed by atoms with Crippen LogP contribution in [0.3, 0.4) is 0 Å². The molecule has 1 unspecified atom stereocenters. The third-order valence-corrected chi connectivity index (χ3v) is 1.56. The van der Waals surface area contributed by atoms with E-state index in [0.717, 1.165) is 0 Å². The Balaban J connectivity index is 2.79. The molecule has 4 heteroatoms. The van der Waals surface area contributed by atoms with Crippen LogP contribution in [0.5, 0.6) is 0 Å². The van der Waals surface area contributed by atoms with Crippen molar-refractivity contribution in [3.05, 3.63) is 11.6 Å². The second-order valence-corrected chi connectivity index (χ2v) is 2.38. The minimum Gasteiger partial charge on any atom is -0.256 e. The molecule has 0 aromatic rings. The van der Waals surface area contributed by atoms with Gasteiger partial charge in [0.2, 0.25) is 0 Å². The maximum absolute atomic E-state index is 4.93. The van der Waals surface area contributed by atoms with Crippen molar-refractivity contribution in [1.82, 2.24) is 0 Å². The topological polar surface area (TPSA) is 50.7 Å². The molecule has 1 rings (SSSR count). The van der Waals surface area contributed by atoms with Gasteiger partial charge in [0.05, 0.1) is 5.55 Å². The number of hydrogen-bond acceptors (Lipinski definition) is 2. The summed E-state index contributed by atoms with van der Waals surface area (Å²) in [5.74, 6) is 4.93. The van der Waals surface area contributed by atoms with E-state index in [2.05, 4.69) is 9.46 Å². The highest BCUT2D eigenvalue weighted by molar-refractivity contribution is 8.03. The summed E-state index contributed by atoms with van der Waals surface area (Å²) in [4.78, 5) is 3.77. The molecule has 7 heavy (non-hydrogen) atoms. The second-order valence-electron chi connectivity index (χ2n) is 0.992. The van der Waals surface area contributed by atoms with Crippen molar-refractivity contribution in [2.45, 2.75) is 0 Å². The normalized spacial score (nSPS) is 27.3. The van der Waals surface area contributed by atoms with Gasteiger partial charge in [-0.25, -0.2) is 5.84 Å². The maximum atomic E-state index is 4.93. The molecule has 0 radical (unpaired) electrons. The second kappa shape index (κ2) is 1.99. The molecule has 2 N–H and O–H groups in total. The smallest absolute Gasteiger partial charge is 0.0763 e. The molecule has 0 saturated carbocycles. The average Bonchev–Trinajstić information content (AvgIpc) is 2.14. The Kier molecular flexibility index (Phi) is 1.33. The summed E-state index contributed by atoms with van der Waals surface area (Å²) in [5.41, 5.74) is 1.71. The summed E-state index contributed by atoms with van der Waals surface area (Å²) in [7, 11) is -0.204. The van der Waals surface area contributed by atoms with Crippen molar-refractivity contribution >= 4 is 16.2 Å². The first-order valence-electron chi connectivity index (χ1n) is 1.76. The van der Waals surface area contributed by atoms with Crippen molar-refractivity contribution < 1.29 is 0 Å². The molecule has 0 spiro atoms. The lowest BCUT2D eigenvalue weighted by Crippen LogP contribution is -1.85. The van der Waals surface area contributed by atoms with Gasteiger partial charge in [-0.3, -0.25) is 4.99 Å². The van der Waals surface area contributed by atoms with E-state index in [0.29, 0.717) is 0 Å². The molecule has 0 saturated heterocycles. The average molecular weight is 115 g/mol. The van der Waals surface area contributed by atoms with Gasteiger partial charge in [0.25, 0.3) is 0 Å². The highest BCUT2D eigenvalue weighted by atomic mass is 32.2. The number of rotatable bonds is 0. The van der Waals surface area contributed by atoms with Gasteiger partial charge in [0.15, 0.2) is 0 Å². The summed E-state index contributed by atoms with van der Waals surface area (Å²) in [6, 6.07) is 0. The van der Waals surface area contributed by atoms with Gasteiger partial charge in [-0.1, -0.05) is 0 Å². The van der Waals surface area contributed by atoms with Crippen LogP contribution >= 0.6 is 0 Å². The van der Waals surface area contributed by atoms with E-state index in [9.17, 15) is 0 Å². The van der Waals surface area contributed by atoms with E-state index >= 15 is 0 Å². The molecule has 3 nitrogen and oxygen atoms in total. The van der Waals surface area contributed by atoms with Crippen molar-refractivity contribution in [3.63, 3.8) is 0 Å². The van der Waals surface area contributed by atoms with E-state index in [1.807, 2.05) is 5.41 Å². The maximum Gasteiger partial charge on any atom is 0.0763 e. The van der Waals surface area contributed by atoms with Crippen LogP contribution in [0.25, 0.3) is 0 Å². The number of aliphatic imine (C=N–C) groups is 1. The molecule has 38 valence electrons. The zero-order valence-corrected chi connectivity index (χ0v) is 4.43. The minimum atomic E-state index is -0.204. The Morgan fingerprint density at radius 1 is 1.71 bits per heavy atom. The fourth-order valence-corrected chi connectivity index (χ4v) is 0.877. The van der Waals surface area contributed by atoms with Gasteiger partial charge in [0.1, 0.15) is 0 Å². The number of hydrogen-bond donors (Lipinski definition) is 1. The van der Waals surface area contributed by atoms with Crippen LogP contribution in [0.4, 0.5) is 0 Å². The van der Waals surface area contributed by atoms with Crippen LogP contribution in [0.1, 0.15) is 0 Å². The third kappa shape index (κ3) is 0.942. The number of nitrogens with two attached hydrogens (primary N) is 1. The quantitative estimate of drug-likeness (QED) is 0.355. The molecule has 1 heterocycles. The summed E-state index contributed by atoms with van der Waals surface area (Å²) in [6.45, 7) is 0. The summed E-state index contributed by atoms with van der Waals surface area (Å²) in [6.07, 6.45) is 1.69. The van der Waals surface area contributed by atoms with Crippen molar-refractivity contribution in [1.29, 1.82) is 0 Å². The highest BCUT2D eigenvalue weighted by Gasteiger charge is 1.86. The fourth-order valence-electron chi connectivity index (χ4n) is 0.292. The SMILES string of the molecule is NN=S1C=CN=C1. The lowest BCUT2D eigenvalue weighted by molar-refractivity contribution is 1.30. The Morgan fingerprint density at radius 2 is 2.57 bits per heavy atom. The van der Waals surface area contributed by atoms with Crippen molar-refractivity contribution in [2.24, 2.45) is 15.3 Å². The van der Waals surface area contributed by atoms with E-state index < -0.39 is 0 Å².